The maximum absolute atomic E-state index is 12.6. The fourth-order valence-electron chi connectivity index (χ4n) is 2.62. The Labute approximate surface area is 126 Å². The Bertz CT molecular complexity index is 566. The van der Waals surface area contributed by atoms with Crippen molar-refractivity contribution in [3.63, 3.8) is 0 Å². The van der Waals surface area contributed by atoms with E-state index in [1.54, 1.807) is 4.90 Å². The molecule has 1 saturated heterocycles. The minimum absolute atomic E-state index is 0.121. The summed E-state index contributed by atoms with van der Waals surface area (Å²) in [4.78, 5) is 14.4. The van der Waals surface area contributed by atoms with Crippen LogP contribution < -0.4 is 4.72 Å². The number of nitrogens with zero attached hydrogens (tertiary/aromatic N) is 1. The highest BCUT2D eigenvalue weighted by Crippen LogP contribution is 2.13. The molecule has 1 aliphatic heterocycles. The lowest BCUT2D eigenvalue weighted by Crippen LogP contribution is -2.50. The fraction of sp³-hybridized carbons (Fsp3) is 0.533. The van der Waals surface area contributed by atoms with Crippen molar-refractivity contribution >= 4 is 15.9 Å². The lowest BCUT2D eigenvalue weighted by atomic mass is 10.0. The second-order valence-electron chi connectivity index (χ2n) is 5.52. The van der Waals surface area contributed by atoms with Crippen molar-refractivity contribution in [2.75, 3.05) is 19.3 Å². The molecule has 1 aromatic rings. The van der Waals surface area contributed by atoms with Gasteiger partial charge in [-0.05, 0) is 31.2 Å². The molecule has 0 aliphatic carbocycles. The molecule has 0 radical (unpaired) electrons. The quantitative estimate of drug-likeness (QED) is 0.887. The van der Waals surface area contributed by atoms with Crippen molar-refractivity contribution in [2.45, 2.75) is 31.7 Å². The molecular formula is C15H22N2O3S. The molecule has 1 aliphatic rings. The van der Waals surface area contributed by atoms with Gasteiger partial charge in [0, 0.05) is 13.1 Å². The summed E-state index contributed by atoms with van der Waals surface area (Å²) in [5, 5.41) is 0. The van der Waals surface area contributed by atoms with Gasteiger partial charge in [0.05, 0.1) is 6.26 Å². The summed E-state index contributed by atoms with van der Waals surface area (Å²) in [5.74, 6) is -0.121. The Morgan fingerprint density at radius 1 is 1.19 bits per heavy atom. The number of sulfonamides is 1. The Hall–Kier alpha value is -1.40. The minimum Gasteiger partial charge on any atom is -0.341 e. The maximum atomic E-state index is 12.6. The predicted octanol–water partition coefficient (Wildman–Crippen LogP) is 1.16. The van der Waals surface area contributed by atoms with E-state index in [-0.39, 0.29) is 5.91 Å². The van der Waals surface area contributed by atoms with Gasteiger partial charge in [-0.3, -0.25) is 4.79 Å². The predicted molar refractivity (Wildman–Crippen MR) is 82.3 cm³/mol. The first-order valence-corrected chi connectivity index (χ1v) is 9.15. The van der Waals surface area contributed by atoms with Gasteiger partial charge in [-0.15, -0.1) is 0 Å². The lowest BCUT2D eigenvalue weighted by molar-refractivity contribution is -0.133. The van der Waals surface area contributed by atoms with Crippen LogP contribution in [0.2, 0.25) is 0 Å². The number of rotatable bonds is 5. The molecule has 1 amide bonds. The van der Waals surface area contributed by atoms with Crippen LogP contribution in [0.15, 0.2) is 30.3 Å². The molecule has 1 fully saturated rings. The van der Waals surface area contributed by atoms with Gasteiger partial charge in [0.15, 0.2) is 0 Å². The third-order valence-electron chi connectivity index (χ3n) is 3.60. The van der Waals surface area contributed by atoms with Crippen molar-refractivity contribution in [3.8, 4) is 0 Å². The van der Waals surface area contributed by atoms with Crippen molar-refractivity contribution in [1.82, 2.24) is 9.62 Å². The summed E-state index contributed by atoms with van der Waals surface area (Å²) in [5.41, 5.74) is 0.948. The number of carbonyl (C=O) groups is 1. The monoisotopic (exact) mass is 310 g/mol. The maximum Gasteiger partial charge on any atom is 0.241 e. The van der Waals surface area contributed by atoms with E-state index in [9.17, 15) is 13.2 Å². The lowest BCUT2D eigenvalue weighted by Gasteiger charge is -2.30. The molecule has 0 aromatic heterocycles. The van der Waals surface area contributed by atoms with Gasteiger partial charge in [0.25, 0.3) is 0 Å². The Balaban J connectivity index is 2.12. The summed E-state index contributed by atoms with van der Waals surface area (Å²) in [6.07, 6.45) is 4.58. The highest BCUT2D eigenvalue weighted by atomic mass is 32.2. The Kier molecular flexibility index (Phi) is 5.36. The second kappa shape index (κ2) is 7.04. The van der Waals surface area contributed by atoms with Gasteiger partial charge < -0.3 is 4.90 Å². The Morgan fingerprint density at radius 2 is 1.81 bits per heavy atom. The van der Waals surface area contributed by atoms with Crippen LogP contribution in [0.3, 0.4) is 0 Å². The summed E-state index contributed by atoms with van der Waals surface area (Å²) < 4.78 is 25.6. The fourth-order valence-corrected chi connectivity index (χ4v) is 3.32. The van der Waals surface area contributed by atoms with Crippen molar-refractivity contribution in [3.05, 3.63) is 35.9 Å². The highest BCUT2D eigenvalue weighted by Gasteiger charge is 2.27. The molecule has 21 heavy (non-hydrogen) atoms. The third kappa shape index (κ3) is 5.13. The van der Waals surface area contributed by atoms with Crippen LogP contribution in [0, 0.1) is 0 Å². The van der Waals surface area contributed by atoms with E-state index in [1.807, 2.05) is 30.3 Å². The molecule has 5 nitrogen and oxygen atoms in total. The molecule has 6 heteroatoms. The van der Waals surface area contributed by atoms with Crippen LogP contribution in [-0.2, 0) is 21.2 Å². The zero-order valence-electron chi connectivity index (χ0n) is 12.3. The Morgan fingerprint density at radius 3 is 2.38 bits per heavy atom. The normalized spacial score (nSPS) is 17.5. The molecular weight excluding hydrogens is 288 g/mol. The molecule has 0 spiro atoms. The number of piperidine rings is 1. The van der Waals surface area contributed by atoms with Crippen LogP contribution in [0.5, 0.6) is 0 Å². The summed E-state index contributed by atoms with van der Waals surface area (Å²) in [7, 11) is -3.42. The van der Waals surface area contributed by atoms with Gasteiger partial charge in [-0.25, -0.2) is 13.1 Å². The average Bonchev–Trinajstić information content (AvgIpc) is 2.46. The summed E-state index contributed by atoms with van der Waals surface area (Å²) in [6.45, 7) is 1.44. The van der Waals surface area contributed by atoms with Gasteiger partial charge in [-0.2, -0.15) is 0 Å². The van der Waals surface area contributed by atoms with E-state index in [4.69, 9.17) is 0 Å². The first-order chi connectivity index (χ1) is 9.96. The summed E-state index contributed by atoms with van der Waals surface area (Å²) in [6, 6.07) is 8.76. The molecule has 0 bridgehead atoms. The molecule has 1 heterocycles. The topological polar surface area (TPSA) is 66.5 Å². The number of likely N-dealkylation sites (tertiary alicyclic amines) is 1. The molecule has 1 aromatic carbocycles. The third-order valence-corrected chi connectivity index (χ3v) is 4.32. The number of benzene rings is 1. The first kappa shape index (κ1) is 16.0. The van der Waals surface area contributed by atoms with Crippen LogP contribution in [-0.4, -0.2) is 44.6 Å². The second-order valence-corrected chi connectivity index (χ2v) is 7.30. The number of hydrogen-bond donors (Lipinski definition) is 1. The van der Waals surface area contributed by atoms with E-state index >= 15 is 0 Å². The average molecular weight is 310 g/mol. The molecule has 1 atom stereocenters. The van der Waals surface area contributed by atoms with Crippen molar-refractivity contribution < 1.29 is 13.2 Å². The smallest absolute Gasteiger partial charge is 0.241 e. The van der Waals surface area contributed by atoms with Crippen LogP contribution >= 0.6 is 0 Å². The number of hydrogen-bond acceptors (Lipinski definition) is 3. The number of nitrogens with one attached hydrogen (secondary N) is 1. The van der Waals surface area contributed by atoms with Crippen molar-refractivity contribution in [1.29, 1.82) is 0 Å². The van der Waals surface area contributed by atoms with E-state index in [2.05, 4.69) is 4.72 Å². The van der Waals surface area contributed by atoms with E-state index < -0.39 is 16.1 Å². The zero-order chi connectivity index (χ0) is 15.3. The molecule has 0 unspecified atom stereocenters. The minimum atomic E-state index is -3.42. The van der Waals surface area contributed by atoms with E-state index in [0.29, 0.717) is 6.42 Å². The van der Waals surface area contributed by atoms with E-state index in [1.165, 1.54) is 0 Å². The highest BCUT2D eigenvalue weighted by molar-refractivity contribution is 7.88. The SMILES string of the molecule is CS(=O)(=O)N[C@@H](Cc1ccccc1)C(=O)N1CCCCC1. The van der Waals surface area contributed by atoms with E-state index in [0.717, 1.165) is 44.2 Å². The van der Waals surface area contributed by atoms with Crippen LogP contribution in [0.25, 0.3) is 0 Å². The number of carbonyl (C=O) groups excluding carboxylic acids is 1. The number of amides is 1. The summed E-state index contributed by atoms with van der Waals surface area (Å²) >= 11 is 0. The molecule has 0 saturated carbocycles. The zero-order valence-corrected chi connectivity index (χ0v) is 13.1. The van der Waals surface area contributed by atoms with Gasteiger partial charge in [-0.1, -0.05) is 30.3 Å². The van der Waals surface area contributed by atoms with Crippen LogP contribution in [0.1, 0.15) is 24.8 Å². The molecule has 116 valence electrons. The van der Waals surface area contributed by atoms with Gasteiger partial charge in [0.2, 0.25) is 15.9 Å². The molecule has 2 rings (SSSR count). The standard InChI is InChI=1S/C15H22N2O3S/c1-21(19,20)16-14(12-13-8-4-2-5-9-13)15(18)17-10-6-3-7-11-17/h2,4-5,8-9,14,16H,3,6-7,10-12H2,1H3/t14-/m0/s1. The van der Waals surface area contributed by atoms with Gasteiger partial charge in [0.1, 0.15) is 6.04 Å². The largest absolute Gasteiger partial charge is 0.341 e. The molecule has 1 N–H and O–H groups in total. The van der Waals surface area contributed by atoms with Gasteiger partial charge >= 0.3 is 0 Å². The van der Waals surface area contributed by atoms with Crippen molar-refractivity contribution in [2.24, 2.45) is 0 Å². The first-order valence-electron chi connectivity index (χ1n) is 7.26. The van der Waals surface area contributed by atoms with Crippen LogP contribution in [0.4, 0.5) is 0 Å².